The average Bonchev–Trinajstić information content (AvgIpc) is 2.75. The summed E-state index contributed by atoms with van der Waals surface area (Å²) < 4.78 is 19.6. The molecule has 0 bridgehead atoms. The maximum Gasteiger partial charge on any atom is 0.172 e. The summed E-state index contributed by atoms with van der Waals surface area (Å²) >= 11 is 0. The van der Waals surface area contributed by atoms with Crippen molar-refractivity contribution in [1.29, 1.82) is 0 Å². The zero-order valence-electron chi connectivity index (χ0n) is 17.6. The third-order valence-corrected chi connectivity index (χ3v) is 7.66. The zero-order valence-corrected chi connectivity index (χ0v) is 17.6. The minimum absolute atomic E-state index is 0.242. The van der Waals surface area contributed by atoms with Gasteiger partial charge < -0.3 is 4.74 Å². The lowest BCUT2D eigenvalue weighted by atomic mass is 9.68. The first kappa shape index (κ1) is 19.7. The van der Waals surface area contributed by atoms with Gasteiger partial charge in [-0.15, -0.1) is 0 Å². The molecular formula is C26H35FO. The van der Waals surface area contributed by atoms with E-state index in [1.807, 2.05) is 12.1 Å². The summed E-state index contributed by atoms with van der Waals surface area (Å²) in [6.07, 6.45) is 14.0. The Kier molecular flexibility index (Phi) is 6.23. The third-order valence-electron chi connectivity index (χ3n) is 7.66. The second kappa shape index (κ2) is 8.84. The van der Waals surface area contributed by atoms with Gasteiger partial charge in [0, 0.05) is 5.39 Å². The van der Waals surface area contributed by atoms with E-state index in [0.717, 1.165) is 23.1 Å². The first-order valence-corrected chi connectivity index (χ1v) is 11.5. The molecule has 28 heavy (non-hydrogen) atoms. The molecule has 2 aliphatic rings. The summed E-state index contributed by atoms with van der Waals surface area (Å²) in [5, 5.41) is 1.66. The Labute approximate surface area is 169 Å². The molecule has 2 aromatic carbocycles. The van der Waals surface area contributed by atoms with Crippen LogP contribution >= 0.6 is 0 Å². The standard InChI is InChI=1S/C26H35FO/c1-3-4-18-5-7-19(8-6-18)20-9-11-21(12-10-20)22-13-15-24-23(17-22)14-16-25(28-2)26(24)27/h13-21H,3-12H2,1-2H3. The van der Waals surface area contributed by atoms with Crippen LogP contribution in [0.3, 0.4) is 0 Å². The van der Waals surface area contributed by atoms with E-state index < -0.39 is 0 Å². The monoisotopic (exact) mass is 382 g/mol. The molecule has 0 unspecified atom stereocenters. The average molecular weight is 383 g/mol. The van der Waals surface area contributed by atoms with E-state index in [9.17, 15) is 4.39 Å². The van der Waals surface area contributed by atoms with E-state index in [4.69, 9.17) is 4.74 Å². The number of halogens is 1. The summed E-state index contributed by atoms with van der Waals surface area (Å²) in [4.78, 5) is 0. The zero-order chi connectivity index (χ0) is 19.5. The van der Waals surface area contributed by atoms with Crippen molar-refractivity contribution in [2.45, 2.75) is 77.0 Å². The maximum atomic E-state index is 14.5. The summed E-state index contributed by atoms with van der Waals surface area (Å²) in [5.74, 6) is 3.66. The van der Waals surface area contributed by atoms with Crippen LogP contribution in [0.15, 0.2) is 30.3 Å². The van der Waals surface area contributed by atoms with Crippen LogP contribution in [0, 0.1) is 23.6 Å². The third kappa shape index (κ3) is 4.07. The first-order valence-electron chi connectivity index (χ1n) is 11.5. The Balaban J connectivity index is 1.37. The summed E-state index contributed by atoms with van der Waals surface area (Å²) in [6, 6.07) is 10.0. The van der Waals surface area contributed by atoms with Crippen molar-refractivity contribution in [3.63, 3.8) is 0 Å². The van der Waals surface area contributed by atoms with E-state index in [1.165, 1.54) is 76.9 Å². The van der Waals surface area contributed by atoms with E-state index >= 15 is 0 Å². The number of benzene rings is 2. The molecule has 0 saturated heterocycles. The summed E-state index contributed by atoms with van der Waals surface area (Å²) in [7, 11) is 1.52. The molecule has 0 radical (unpaired) electrons. The second-order valence-corrected chi connectivity index (χ2v) is 9.24. The highest BCUT2D eigenvalue weighted by atomic mass is 19.1. The van der Waals surface area contributed by atoms with Crippen LogP contribution in [-0.2, 0) is 0 Å². The fraction of sp³-hybridized carbons (Fsp3) is 0.615. The number of ether oxygens (including phenoxy) is 1. The van der Waals surface area contributed by atoms with Crippen LogP contribution in [-0.4, -0.2) is 7.11 Å². The van der Waals surface area contributed by atoms with E-state index in [1.54, 1.807) is 6.07 Å². The van der Waals surface area contributed by atoms with E-state index in [-0.39, 0.29) is 5.82 Å². The lowest BCUT2D eigenvalue weighted by Gasteiger charge is -2.38. The van der Waals surface area contributed by atoms with Crippen molar-refractivity contribution in [3.05, 3.63) is 41.7 Å². The van der Waals surface area contributed by atoms with Gasteiger partial charge in [0.05, 0.1) is 7.11 Å². The van der Waals surface area contributed by atoms with Crippen molar-refractivity contribution in [1.82, 2.24) is 0 Å². The van der Waals surface area contributed by atoms with Gasteiger partial charge in [0.2, 0.25) is 0 Å². The Bertz CT molecular complexity index is 782. The lowest BCUT2D eigenvalue weighted by Crippen LogP contribution is -2.25. The SMILES string of the molecule is CCCC1CCC(C2CCC(c3ccc4c(F)c(OC)ccc4c3)CC2)CC1. The molecule has 0 N–H and O–H groups in total. The molecule has 0 amide bonds. The van der Waals surface area contributed by atoms with Gasteiger partial charge in [-0.05, 0) is 79.2 Å². The molecule has 1 nitrogen and oxygen atoms in total. The Morgan fingerprint density at radius 2 is 1.57 bits per heavy atom. The van der Waals surface area contributed by atoms with Gasteiger partial charge >= 0.3 is 0 Å². The van der Waals surface area contributed by atoms with Crippen LogP contribution in [0.5, 0.6) is 5.75 Å². The number of hydrogen-bond acceptors (Lipinski definition) is 1. The van der Waals surface area contributed by atoms with Gasteiger partial charge in [-0.2, -0.15) is 0 Å². The minimum atomic E-state index is -0.242. The molecule has 2 aromatic rings. The molecule has 2 fully saturated rings. The molecule has 0 heterocycles. The minimum Gasteiger partial charge on any atom is -0.494 e. The van der Waals surface area contributed by atoms with Crippen LogP contribution in [0.4, 0.5) is 4.39 Å². The quantitative estimate of drug-likeness (QED) is 0.511. The van der Waals surface area contributed by atoms with Crippen molar-refractivity contribution < 1.29 is 9.13 Å². The molecule has 0 atom stereocenters. The van der Waals surface area contributed by atoms with Crippen LogP contribution < -0.4 is 4.74 Å². The van der Waals surface area contributed by atoms with E-state index in [2.05, 4.69) is 19.1 Å². The number of methoxy groups -OCH3 is 1. The van der Waals surface area contributed by atoms with Crippen molar-refractivity contribution >= 4 is 10.8 Å². The number of rotatable bonds is 5. The second-order valence-electron chi connectivity index (χ2n) is 9.24. The van der Waals surface area contributed by atoms with Crippen molar-refractivity contribution in [3.8, 4) is 5.75 Å². The highest BCUT2D eigenvalue weighted by molar-refractivity contribution is 5.85. The molecule has 4 rings (SSSR count). The predicted molar refractivity (Wildman–Crippen MR) is 116 cm³/mol. The largest absolute Gasteiger partial charge is 0.494 e. The van der Waals surface area contributed by atoms with Crippen LogP contribution in [0.1, 0.15) is 82.6 Å². The Morgan fingerprint density at radius 3 is 2.21 bits per heavy atom. The molecular weight excluding hydrogens is 347 g/mol. The van der Waals surface area contributed by atoms with Gasteiger partial charge in [0.25, 0.3) is 0 Å². The molecule has 0 spiro atoms. The molecule has 152 valence electrons. The van der Waals surface area contributed by atoms with Gasteiger partial charge in [-0.25, -0.2) is 4.39 Å². The van der Waals surface area contributed by atoms with Gasteiger partial charge in [0.15, 0.2) is 11.6 Å². The molecule has 0 aromatic heterocycles. The first-order chi connectivity index (χ1) is 13.7. The maximum absolute atomic E-state index is 14.5. The fourth-order valence-electron chi connectivity index (χ4n) is 5.98. The van der Waals surface area contributed by atoms with Crippen molar-refractivity contribution in [2.75, 3.05) is 7.11 Å². The highest BCUT2D eigenvalue weighted by Gasteiger charge is 2.31. The predicted octanol–water partition coefficient (Wildman–Crippen LogP) is 7.87. The van der Waals surface area contributed by atoms with Gasteiger partial charge in [0.1, 0.15) is 0 Å². The molecule has 2 aliphatic carbocycles. The lowest BCUT2D eigenvalue weighted by molar-refractivity contribution is 0.156. The highest BCUT2D eigenvalue weighted by Crippen LogP contribution is 2.45. The Hall–Kier alpha value is -1.57. The fourth-order valence-corrected chi connectivity index (χ4v) is 5.98. The smallest absolute Gasteiger partial charge is 0.172 e. The Morgan fingerprint density at radius 1 is 0.893 bits per heavy atom. The normalized spacial score (nSPS) is 28.4. The van der Waals surface area contributed by atoms with Crippen LogP contribution in [0.25, 0.3) is 10.8 Å². The molecule has 2 heteroatoms. The topological polar surface area (TPSA) is 9.23 Å². The molecule has 2 saturated carbocycles. The van der Waals surface area contributed by atoms with E-state index in [0.29, 0.717) is 17.1 Å². The van der Waals surface area contributed by atoms with Gasteiger partial charge in [-0.1, -0.05) is 56.9 Å². The summed E-state index contributed by atoms with van der Waals surface area (Å²) in [5.41, 5.74) is 1.39. The van der Waals surface area contributed by atoms with Crippen LogP contribution in [0.2, 0.25) is 0 Å². The number of hydrogen-bond donors (Lipinski definition) is 0. The number of fused-ring (bicyclic) bond motifs is 1. The molecule has 0 aliphatic heterocycles. The summed E-state index contributed by atoms with van der Waals surface area (Å²) in [6.45, 7) is 2.32. The van der Waals surface area contributed by atoms with Crippen molar-refractivity contribution in [2.24, 2.45) is 17.8 Å². The van der Waals surface area contributed by atoms with Gasteiger partial charge in [-0.3, -0.25) is 0 Å².